The van der Waals surface area contributed by atoms with Crippen LogP contribution in [-0.2, 0) is 0 Å². The molecule has 0 saturated heterocycles. The number of rotatable bonds is 7. The fourth-order valence-corrected chi connectivity index (χ4v) is 4.14. The number of nitrogens with zero attached hydrogens (tertiary/aromatic N) is 4. The Morgan fingerprint density at radius 2 is 1.66 bits per heavy atom. The molecule has 0 aliphatic carbocycles. The molecule has 35 heavy (non-hydrogen) atoms. The number of benzene rings is 3. The predicted molar refractivity (Wildman–Crippen MR) is 135 cm³/mol. The van der Waals surface area contributed by atoms with Crippen molar-refractivity contribution in [3.05, 3.63) is 90.1 Å². The first-order valence-electron chi connectivity index (χ1n) is 10.7. The van der Waals surface area contributed by atoms with Crippen LogP contribution < -0.4 is 14.8 Å². The molecule has 2 aromatic heterocycles. The van der Waals surface area contributed by atoms with Crippen LogP contribution in [0.2, 0.25) is 0 Å². The zero-order chi connectivity index (χ0) is 24.2. The number of carbonyl (C=O) groups is 1. The Kier molecular flexibility index (Phi) is 6.23. The summed E-state index contributed by atoms with van der Waals surface area (Å²) in [7, 11) is 3.16. The average Bonchev–Trinajstić information content (AvgIpc) is 3.60. The van der Waals surface area contributed by atoms with E-state index in [4.69, 9.17) is 9.47 Å². The molecule has 1 N–H and O–H groups in total. The molecule has 9 heteroatoms. The van der Waals surface area contributed by atoms with Gasteiger partial charge in [-0.3, -0.25) is 4.79 Å². The van der Waals surface area contributed by atoms with Crippen LogP contribution in [0.4, 0.5) is 5.69 Å². The van der Waals surface area contributed by atoms with Crippen molar-refractivity contribution in [3.8, 4) is 39.6 Å². The minimum absolute atomic E-state index is 0.286. The Balaban J connectivity index is 1.50. The molecule has 0 atom stereocenters. The number of amides is 1. The summed E-state index contributed by atoms with van der Waals surface area (Å²) in [5, 5.41) is 13.5. The maximum Gasteiger partial charge on any atom is 0.276 e. The number of methoxy groups -OCH3 is 2. The van der Waals surface area contributed by atoms with Crippen molar-refractivity contribution in [2.45, 2.75) is 0 Å². The summed E-state index contributed by atoms with van der Waals surface area (Å²) in [6.07, 6.45) is 1.84. The van der Waals surface area contributed by atoms with Gasteiger partial charge in [0.1, 0.15) is 5.69 Å². The lowest BCUT2D eigenvalue weighted by atomic mass is 10.1. The van der Waals surface area contributed by atoms with Crippen molar-refractivity contribution in [2.75, 3.05) is 19.5 Å². The van der Waals surface area contributed by atoms with Crippen LogP contribution in [0.1, 0.15) is 10.5 Å². The van der Waals surface area contributed by atoms with E-state index in [1.165, 1.54) is 11.5 Å². The van der Waals surface area contributed by atoms with E-state index < -0.39 is 0 Å². The Morgan fingerprint density at radius 1 is 0.914 bits per heavy atom. The van der Waals surface area contributed by atoms with Crippen molar-refractivity contribution in [1.29, 1.82) is 0 Å². The second-order valence-electron chi connectivity index (χ2n) is 7.56. The summed E-state index contributed by atoms with van der Waals surface area (Å²) in [5.74, 6) is 0.844. The van der Waals surface area contributed by atoms with Crippen LogP contribution in [-0.4, -0.2) is 39.5 Å². The number of aromatic nitrogens is 4. The van der Waals surface area contributed by atoms with Gasteiger partial charge in [0.15, 0.2) is 17.2 Å². The van der Waals surface area contributed by atoms with Crippen molar-refractivity contribution >= 4 is 23.1 Å². The lowest BCUT2D eigenvalue weighted by molar-refractivity contribution is 0.102. The van der Waals surface area contributed by atoms with Crippen LogP contribution >= 0.6 is 11.5 Å². The van der Waals surface area contributed by atoms with E-state index in [1.54, 1.807) is 18.9 Å². The van der Waals surface area contributed by atoms with Gasteiger partial charge >= 0.3 is 0 Å². The van der Waals surface area contributed by atoms with Gasteiger partial charge in [-0.2, -0.15) is 5.10 Å². The molecule has 0 fully saturated rings. The number of hydrogen-bond donors (Lipinski definition) is 1. The molecule has 0 spiro atoms. The Hall–Kier alpha value is -4.50. The SMILES string of the molecule is COc1ccc(-c2cn(-c3ccccc3)nc2C(=O)Nc2ccc(-c3csnn3)cc2)cc1OC. The maximum atomic E-state index is 13.4. The third-order valence-corrected chi connectivity index (χ3v) is 5.95. The highest BCUT2D eigenvalue weighted by atomic mass is 32.1. The first kappa shape index (κ1) is 22.3. The van der Waals surface area contributed by atoms with Gasteiger partial charge in [0, 0.05) is 28.4 Å². The van der Waals surface area contributed by atoms with Crippen molar-refractivity contribution in [3.63, 3.8) is 0 Å². The fourth-order valence-electron chi connectivity index (χ4n) is 3.67. The van der Waals surface area contributed by atoms with Gasteiger partial charge in [-0.25, -0.2) is 4.68 Å². The van der Waals surface area contributed by atoms with E-state index in [0.717, 1.165) is 22.5 Å². The molecule has 5 aromatic rings. The highest BCUT2D eigenvalue weighted by Crippen LogP contribution is 2.34. The second kappa shape index (κ2) is 9.78. The van der Waals surface area contributed by atoms with E-state index in [0.29, 0.717) is 22.7 Å². The second-order valence-corrected chi connectivity index (χ2v) is 8.17. The van der Waals surface area contributed by atoms with Crippen molar-refractivity contribution in [2.24, 2.45) is 0 Å². The summed E-state index contributed by atoms with van der Waals surface area (Å²) >= 11 is 1.29. The zero-order valence-electron chi connectivity index (χ0n) is 19.0. The average molecular weight is 484 g/mol. The maximum absolute atomic E-state index is 13.4. The molecule has 174 valence electrons. The normalized spacial score (nSPS) is 10.7. The largest absolute Gasteiger partial charge is 0.493 e. The third-order valence-electron chi connectivity index (χ3n) is 5.44. The summed E-state index contributed by atoms with van der Waals surface area (Å²) in [6.45, 7) is 0. The molecule has 1 amide bonds. The molecule has 0 aliphatic rings. The minimum atomic E-state index is -0.326. The minimum Gasteiger partial charge on any atom is -0.493 e. The van der Waals surface area contributed by atoms with Gasteiger partial charge in [0.05, 0.1) is 19.9 Å². The number of ether oxygens (including phenoxy) is 2. The van der Waals surface area contributed by atoms with Crippen LogP contribution in [0.15, 0.2) is 84.4 Å². The number of para-hydroxylation sites is 1. The van der Waals surface area contributed by atoms with E-state index in [1.807, 2.05) is 84.4 Å². The van der Waals surface area contributed by atoms with Crippen molar-refractivity contribution < 1.29 is 14.3 Å². The van der Waals surface area contributed by atoms with Gasteiger partial charge in [-0.15, -0.1) is 5.10 Å². The molecule has 2 heterocycles. The summed E-state index contributed by atoms with van der Waals surface area (Å²) in [6, 6.07) is 22.6. The van der Waals surface area contributed by atoms with E-state index in [2.05, 4.69) is 20.0 Å². The van der Waals surface area contributed by atoms with Crippen LogP contribution in [0.3, 0.4) is 0 Å². The van der Waals surface area contributed by atoms with Gasteiger partial charge < -0.3 is 14.8 Å². The molecule has 0 saturated carbocycles. The van der Waals surface area contributed by atoms with Gasteiger partial charge in [-0.1, -0.05) is 40.9 Å². The van der Waals surface area contributed by atoms with E-state index in [-0.39, 0.29) is 11.6 Å². The predicted octanol–water partition coefficient (Wildman–Crippen LogP) is 5.33. The highest BCUT2D eigenvalue weighted by molar-refractivity contribution is 7.03. The summed E-state index contributed by atoms with van der Waals surface area (Å²) < 4.78 is 16.4. The smallest absolute Gasteiger partial charge is 0.276 e. The molecule has 0 aliphatic heterocycles. The van der Waals surface area contributed by atoms with Crippen LogP contribution in [0.25, 0.3) is 28.1 Å². The lowest BCUT2D eigenvalue weighted by Gasteiger charge is -2.10. The molecule has 0 bridgehead atoms. The number of carbonyl (C=O) groups excluding carboxylic acids is 1. The number of anilines is 1. The quantitative estimate of drug-likeness (QED) is 0.337. The fraction of sp³-hybridized carbons (Fsp3) is 0.0769. The number of nitrogens with one attached hydrogen (secondary N) is 1. The van der Waals surface area contributed by atoms with Crippen LogP contribution in [0, 0.1) is 0 Å². The molecular formula is C26H21N5O3S. The lowest BCUT2D eigenvalue weighted by Crippen LogP contribution is -2.14. The number of hydrogen-bond acceptors (Lipinski definition) is 7. The van der Waals surface area contributed by atoms with Gasteiger partial charge in [0.25, 0.3) is 5.91 Å². The summed E-state index contributed by atoms with van der Waals surface area (Å²) in [4.78, 5) is 13.4. The first-order valence-corrected chi connectivity index (χ1v) is 11.6. The molecule has 5 rings (SSSR count). The molecule has 8 nitrogen and oxygen atoms in total. The standard InChI is InChI=1S/C26H21N5O3S/c1-33-23-13-10-18(14-24(23)34-2)21-15-31(20-6-4-3-5-7-20)29-25(21)26(32)27-19-11-8-17(9-12-19)22-16-35-30-28-22/h3-16H,1-2H3,(H,27,32). The molecule has 0 radical (unpaired) electrons. The van der Waals surface area contributed by atoms with E-state index in [9.17, 15) is 4.79 Å². The Morgan fingerprint density at radius 3 is 2.34 bits per heavy atom. The van der Waals surface area contributed by atoms with Crippen LogP contribution in [0.5, 0.6) is 11.5 Å². The molecule has 3 aromatic carbocycles. The molecule has 0 unspecified atom stereocenters. The first-order chi connectivity index (χ1) is 17.2. The zero-order valence-corrected chi connectivity index (χ0v) is 19.8. The Bertz CT molecular complexity index is 1450. The van der Waals surface area contributed by atoms with E-state index >= 15 is 0 Å². The monoisotopic (exact) mass is 483 g/mol. The highest BCUT2D eigenvalue weighted by Gasteiger charge is 2.20. The van der Waals surface area contributed by atoms with Crippen molar-refractivity contribution in [1.82, 2.24) is 19.4 Å². The van der Waals surface area contributed by atoms with Gasteiger partial charge in [0.2, 0.25) is 0 Å². The third kappa shape index (κ3) is 4.62. The van der Waals surface area contributed by atoms with Gasteiger partial charge in [-0.05, 0) is 53.5 Å². The molecular weight excluding hydrogens is 462 g/mol. The Labute approximate surface area is 205 Å². The summed E-state index contributed by atoms with van der Waals surface area (Å²) in [5.41, 5.74) is 4.94. The topological polar surface area (TPSA) is 91.2 Å².